The Morgan fingerprint density at radius 1 is 1.24 bits per heavy atom. The van der Waals surface area contributed by atoms with E-state index in [4.69, 9.17) is 4.52 Å². The minimum Gasteiger partial charge on any atom is -0.332 e. The third-order valence-corrected chi connectivity index (χ3v) is 4.35. The maximum absolute atomic E-state index is 5.45. The van der Waals surface area contributed by atoms with Crippen molar-refractivity contribution in [3.63, 3.8) is 0 Å². The Morgan fingerprint density at radius 2 is 2.04 bits per heavy atom. The third-order valence-electron chi connectivity index (χ3n) is 4.35. The van der Waals surface area contributed by atoms with Crippen LogP contribution in [0.3, 0.4) is 0 Å². The molecule has 8 nitrogen and oxygen atoms in total. The number of para-hydroxylation sites is 1. The molecule has 0 saturated carbocycles. The molecule has 1 fully saturated rings. The normalized spacial score (nSPS) is 18.1. The van der Waals surface area contributed by atoms with Gasteiger partial charge in [-0.15, -0.1) is 17.5 Å². The summed E-state index contributed by atoms with van der Waals surface area (Å²) in [5, 5.41) is 15.9. The molecule has 0 amide bonds. The molecule has 2 aromatic heterocycles. The smallest absolute Gasteiger partial charge is 0.280 e. The molecule has 1 N–H and O–H groups in total. The van der Waals surface area contributed by atoms with Crippen LogP contribution >= 0.6 is 12.4 Å². The quantitative estimate of drug-likeness (QED) is 0.758. The van der Waals surface area contributed by atoms with Gasteiger partial charge in [-0.1, -0.05) is 28.6 Å². The molecule has 1 atom stereocenters. The maximum atomic E-state index is 5.45. The highest BCUT2D eigenvalue weighted by Crippen LogP contribution is 2.24. The molecule has 0 radical (unpaired) electrons. The van der Waals surface area contributed by atoms with Gasteiger partial charge in [-0.25, -0.2) is 4.68 Å². The Morgan fingerprint density at radius 3 is 2.80 bits per heavy atom. The van der Waals surface area contributed by atoms with E-state index in [0.29, 0.717) is 17.4 Å². The fraction of sp³-hybridized carbons (Fsp3) is 0.375. The minimum absolute atomic E-state index is 0. The van der Waals surface area contributed by atoms with Crippen LogP contribution in [0.4, 0.5) is 0 Å². The lowest BCUT2D eigenvalue weighted by Crippen LogP contribution is -2.44. The standard InChI is InChI=1S/C16H19N7O.ClH/c1-11-14(19-21-23(11)12-6-4-3-5-7-12)16-18-15(20-24-16)13-10-17-8-9-22(13)2;/h3-7,13,17H,8-10H2,1-2H3;1H. The van der Waals surface area contributed by atoms with Crippen molar-refractivity contribution in [2.24, 2.45) is 0 Å². The molecule has 0 bridgehead atoms. The van der Waals surface area contributed by atoms with Gasteiger partial charge in [0, 0.05) is 19.6 Å². The molecule has 0 aliphatic carbocycles. The summed E-state index contributed by atoms with van der Waals surface area (Å²) in [5.41, 5.74) is 2.43. The number of rotatable bonds is 3. The van der Waals surface area contributed by atoms with Crippen molar-refractivity contribution in [2.45, 2.75) is 13.0 Å². The largest absolute Gasteiger partial charge is 0.332 e. The molecule has 9 heteroatoms. The van der Waals surface area contributed by atoms with Crippen LogP contribution in [0.2, 0.25) is 0 Å². The third kappa shape index (κ3) is 3.28. The molecule has 1 aromatic carbocycles. The first kappa shape index (κ1) is 17.5. The van der Waals surface area contributed by atoms with Crippen molar-refractivity contribution in [1.82, 2.24) is 35.4 Å². The number of piperazine rings is 1. The van der Waals surface area contributed by atoms with E-state index >= 15 is 0 Å². The number of aromatic nitrogens is 5. The van der Waals surface area contributed by atoms with Crippen LogP contribution in [0, 0.1) is 6.92 Å². The summed E-state index contributed by atoms with van der Waals surface area (Å²) in [6.45, 7) is 4.69. The molecule has 3 aromatic rings. The van der Waals surface area contributed by atoms with E-state index < -0.39 is 0 Å². The topological polar surface area (TPSA) is 84.9 Å². The summed E-state index contributed by atoms with van der Waals surface area (Å²) in [7, 11) is 2.07. The van der Waals surface area contributed by atoms with Crippen molar-refractivity contribution < 1.29 is 4.52 Å². The van der Waals surface area contributed by atoms with Gasteiger partial charge < -0.3 is 9.84 Å². The van der Waals surface area contributed by atoms with Gasteiger partial charge in [-0.05, 0) is 26.1 Å². The second-order valence-electron chi connectivity index (χ2n) is 5.93. The van der Waals surface area contributed by atoms with E-state index in [1.54, 1.807) is 4.68 Å². The zero-order chi connectivity index (χ0) is 16.5. The van der Waals surface area contributed by atoms with Crippen LogP contribution in [0.5, 0.6) is 0 Å². The number of nitrogens with one attached hydrogen (secondary N) is 1. The summed E-state index contributed by atoms with van der Waals surface area (Å²) in [5.74, 6) is 1.08. The highest BCUT2D eigenvalue weighted by Gasteiger charge is 2.27. The predicted octanol–water partition coefficient (Wildman–Crippen LogP) is 1.62. The zero-order valence-electron chi connectivity index (χ0n) is 14.1. The monoisotopic (exact) mass is 361 g/mol. The zero-order valence-corrected chi connectivity index (χ0v) is 14.9. The fourth-order valence-corrected chi connectivity index (χ4v) is 2.90. The number of hydrogen-bond acceptors (Lipinski definition) is 7. The van der Waals surface area contributed by atoms with Crippen LogP contribution in [0.15, 0.2) is 34.9 Å². The molecule has 25 heavy (non-hydrogen) atoms. The van der Waals surface area contributed by atoms with Gasteiger partial charge in [-0.3, -0.25) is 4.90 Å². The SMILES string of the molecule is Cc1c(-c2nc(C3CNCCN3C)no2)nnn1-c1ccccc1.Cl. The fourth-order valence-electron chi connectivity index (χ4n) is 2.90. The second-order valence-corrected chi connectivity index (χ2v) is 5.93. The molecule has 4 rings (SSSR count). The van der Waals surface area contributed by atoms with Crippen LogP contribution in [-0.2, 0) is 0 Å². The molecule has 1 aliphatic heterocycles. The van der Waals surface area contributed by atoms with Gasteiger partial charge in [0.1, 0.15) is 0 Å². The molecule has 1 aliphatic rings. The van der Waals surface area contributed by atoms with Gasteiger partial charge in [-0.2, -0.15) is 4.98 Å². The van der Waals surface area contributed by atoms with Crippen molar-refractivity contribution in [3.8, 4) is 17.3 Å². The molecular weight excluding hydrogens is 342 g/mol. The van der Waals surface area contributed by atoms with Crippen molar-refractivity contribution in [3.05, 3.63) is 41.9 Å². The van der Waals surface area contributed by atoms with Gasteiger partial charge in [0.15, 0.2) is 11.5 Å². The second kappa shape index (κ2) is 7.30. The Hall–Kier alpha value is -2.29. The van der Waals surface area contributed by atoms with Gasteiger partial charge in [0.2, 0.25) is 0 Å². The molecule has 1 unspecified atom stereocenters. The molecule has 1 saturated heterocycles. The lowest BCUT2D eigenvalue weighted by Gasteiger charge is -2.30. The Labute approximate surface area is 151 Å². The highest BCUT2D eigenvalue weighted by atomic mass is 35.5. The Bertz CT molecular complexity index is 832. The van der Waals surface area contributed by atoms with Crippen LogP contribution in [0.25, 0.3) is 17.3 Å². The molecule has 3 heterocycles. The molecular formula is C16H20ClN7O. The van der Waals surface area contributed by atoms with Crippen LogP contribution < -0.4 is 5.32 Å². The van der Waals surface area contributed by atoms with E-state index in [1.807, 2.05) is 37.3 Å². The van der Waals surface area contributed by atoms with E-state index in [0.717, 1.165) is 31.0 Å². The minimum atomic E-state index is 0. The summed E-state index contributed by atoms with van der Waals surface area (Å²) >= 11 is 0. The van der Waals surface area contributed by atoms with Crippen molar-refractivity contribution >= 4 is 12.4 Å². The predicted molar refractivity (Wildman–Crippen MR) is 94.9 cm³/mol. The highest BCUT2D eigenvalue weighted by molar-refractivity contribution is 5.85. The van der Waals surface area contributed by atoms with Crippen molar-refractivity contribution in [1.29, 1.82) is 0 Å². The van der Waals surface area contributed by atoms with Crippen molar-refractivity contribution in [2.75, 3.05) is 26.7 Å². The first-order valence-electron chi connectivity index (χ1n) is 7.96. The first-order valence-corrected chi connectivity index (χ1v) is 7.96. The number of nitrogens with zero attached hydrogens (tertiary/aromatic N) is 6. The number of halogens is 1. The summed E-state index contributed by atoms with van der Waals surface area (Å²) in [4.78, 5) is 6.77. The lowest BCUT2D eigenvalue weighted by atomic mass is 10.2. The van der Waals surface area contributed by atoms with E-state index in [2.05, 4.69) is 37.7 Å². The number of hydrogen-bond donors (Lipinski definition) is 1. The summed E-state index contributed by atoms with van der Waals surface area (Å²) < 4.78 is 7.22. The molecule has 132 valence electrons. The Balaban J connectivity index is 0.00000182. The lowest BCUT2D eigenvalue weighted by molar-refractivity contribution is 0.190. The van der Waals surface area contributed by atoms with Gasteiger partial charge in [0.05, 0.1) is 17.4 Å². The summed E-state index contributed by atoms with van der Waals surface area (Å²) in [6, 6.07) is 9.97. The summed E-state index contributed by atoms with van der Waals surface area (Å²) in [6.07, 6.45) is 0. The van der Waals surface area contributed by atoms with E-state index in [1.165, 1.54) is 0 Å². The first-order chi connectivity index (χ1) is 11.7. The average Bonchev–Trinajstić information content (AvgIpc) is 3.23. The van der Waals surface area contributed by atoms with Crippen LogP contribution in [-0.4, -0.2) is 56.7 Å². The number of benzene rings is 1. The van der Waals surface area contributed by atoms with E-state index in [9.17, 15) is 0 Å². The molecule has 0 spiro atoms. The maximum Gasteiger partial charge on any atom is 0.280 e. The van der Waals surface area contributed by atoms with Gasteiger partial charge >= 0.3 is 0 Å². The number of likely N-dealkylation sites (N-methyl/N-ethyl adjacent to an activating group) is 1. The van der Waals surface area contributed by atoms with Crippen LogP contribution in [0.1, 0.15) is 17.6 Å². The van der Waals surface area contributed by atoms with E-state index in [-0.39, 0.29) is 18.4 Å². The average molecular weight is 362 g/mol. The Kier molecular flexibility index (Phi) is 5.12. The van der Waals surface area contributed by atoms with Gasteiger partial charge in [0.25, 0.3) is 5.89 Å².